The summed E-state index contributed by atoms with van der Waals surface area (Å²) in [7, 11) is 5.21. The summed E-state index contributed by atoms with van der Waals surface area (Å²) in [6, 6.07) is 8.20. The zero-order valence-corrected chi connectivity index (χ0v) is 12.2. The molecule has 0 fully saturated rings. The maximum absolute atomic E-state index is 12.1. The number of carbonyl (C=O) groups is 1. The molecular weight excluding hydrogens is 270 g/mol. The molecule has 6 heteroatoms. The number of hydrogen-bond donors (Lipinski definition) is 0. The molecule has 2 aromatic rings. The molecule has 0 bridgehead atoms. The molecule has 0 aliphatic carbocycles. The van der Waals surface area contributed by atoms with E-state index >= 15 is 0 Å². The van der Waals surface area contributed by atoms with Crippen molar-refractivity contribution in [3.05, 3.63) is 52.4 Å². The number of ether oxygens (including phenoxy) is 1. The fourth-order valence-electron chi connectivity index (χ4n) is 1.79. The van der Waals surface area contributed by atoms with Crippen LogP contribution >= 0.6 is 0 Å². The van der Waals surface area contributed by atoms with Gasteiger partial charge in [-0.05, 0) is 24.3 Å². The zero-order valence-electron chi connectivity index (χ0n) is 12.2. The molecule has 0 unspecified atom stereocenters. The second-order valence-electron chi connectivity index (χ2n) is 4.76. The number of anilines is 1. The minimum Gasteiger partial charge on any atom is -0.497 e. The predicted octanol–water partition coefficient (Wildman–Crippen LogP) is 1.20. The molecular formula is C15H17N3O3. The van der Waals surface area contributed by atoms with Gasteiger partial charge in [0.05, 0.1) is 19.0 Å². The highest BCUT2D eigenvalue weighted by Gasteiger charge is 2.09. The first-order valence-corrected chi connectivity index (χ1v) is 6.43. The van der Waals surface area contributed by atoms with Gasteiger partial charge in [-0.3, -0.25) is 9.59 Å². The van der Waals surface area contributed by atoms with Crippen molar-refractivity contribution in [3.8, 4) is 5.75 Å². The van der Waals surface area contributed by atoms with E-state index in [4.69, 9.17) is 4.74 Å². The molecule has 110 valence electrons. The Kier molecular flexibility index (Phi) is 4.37. The Hall–Kier alpha value is -2.63. The van der Waals surface area contributed by atoms with Crippen molar-refractivity contribution < 1.29 is 9.53 Å². The van der Waals surface area contributed by atoms with Crippen molar-refractivity contribution >= 4 is 11.5 Å². The van der Waals surface area contributed by atoms with Crippen LogP contribution in [0, 0.1) is 0 Å². The van der Waals surface area contributed by atoms with Gasteiger partial charge in [0.15, 0.2) is 5.78 Å². The lowest BCUT2D eigenvalue weighted by molar-refractivity contribution is 0.0965. The quantitative estimate of drug-likeness (QED) is 0.773. The highest BCUT2D eigenvalue weighted by molar-refractivity contribution is 5.95. The molecule has 1 aromatic carbocycles. The summed E-state index contributed by atoms with van der Waals surface area (Å²) in [5, 5.41) is 4.02. The summed E-state index contributed by atoms with van der Waals surface area (Å²) in [6.07, 6.45) is 1.56. The van der Waals surface area contributed by atoms with E-state index in [-0.39, 0.29) is 17.9 Å². The van der Waals surface area contributed by atoms with Crippen LogP contribution in [0.25, 0.3) is 0 Å². The van der Waals surface area contributed by atoms with Crippen LogP contribution in [0.15, 0.2) is 41.3 Å². The van der Waals surface area contributed by atoms with Crippen molar-refractivity contribution in [2.45, 2.75) is 6.54 Å². The first-order valence-electron chi connectivity index (χ1n) is 6.43. The van der Waals surface area contributed by atoms with Crippen molar-refractivity contribution in [1.29, 1.82) is 0 Å². The molecule has 1 aromatic heterocycles. The second-order valence-corrected chi connectivity index (χ2v) is 4.76. The van der Waals surface area contributed by atoms with E-state index in [9.17, 15) is 9.59 Å². The van der Waals surface area contributed by atoms with Crippen molar-refractivity contribution in [1.82, 2.24) is 9.78 Å². The van der Waals surface area contributed by atoms with Crippen LogP contribution in [-0.2, 0) is 6.54 Å². The van der Waals surface area contributed by atoms with E-state index in [1.54, 1.807) is 42.5 Å². The predicted molar refractivity (Wildman–Crippen MR) is 80.1 cm³/mol. The third-order valence-corrected chi connectivity index (χ3v) is 3.08. The van der Waals surface area contributed by atoms with Gasteiger partial charge in [0.25, 0.3) is 5.56 Å². The summed E-state index contributed by atoms with van der Waals surface area (Å²) in [5.74, 6) is 0.502. The van der Waals surface area contributed by atoms with Crippen LogP contribution in [0.5, 0.6) is 5.75 Å². The first-order chi connectivity index (χ1) is 10.0. The third kappa shape index (κ3) is 3.47. The Bertz CT molecular complexity index is 690. The summed E-state index contributed by atoms with van der Waals surface area (Å²) < 4.78 is 6.19. The fourth-order valence-corrected chi connectivity index (χ4v) is 1.79. The van der Waals surface area contributed by atoms with Crippen LogP contribution < -0.4 is 15.2 Å². The van der Waals surface area contributed by atoms with Crippen molar-refractivity contribution in [2.24, 2.45) is 0 Å². The third-order valence-electron chi connectivity index (χ3n) is 3.08. The number of aromatic nitrogens is 2. The molecule has 0 aliphatic heterocycles. The van der Waals surface area contributed by atoms with Gasteiger partial charge < -0.3 is 9.64 Å². The fraction of sp³-hybridized carbons (Fsp3) is 0.267. The van der Waals surface area contributed by atoms with Gasteiger partial charge in [-0.1, -0.05) is 0 Å². The van der Waals surface area contributed by atoms with Crippen LogP contribution in [0.2, 0.25) is 0 Å². The molecule has 0 N–H and O–H groups in total. The van der Waals surface area contributed by atoms with E-state index in [0.29, 0.717) is 17.0 Å². The molecule has 2 rings (SSSR count). The molecule has 21 heavy (non-hydrogen) atoms. The maximum atomic E-state index is 12.1. The molecule has 0 radical (unpaired) electrons. The number of hydrogen-bond acceptors (Lipinski definition) is 5. The monoisotopic (exact) mass is 287 g/mol. The van der Waals surface area contributed by atoms with Crippen LogP contribution in [0.3, 0.4) is 0 Å². The highest BCUT2D eigenvalue weighted by atomic mass is 16.5. The van der Waals surface area contributed by atoms with E-state index in [0.717, 1.165) is 4.68 Å². The van der Waals surface area contributed by atoms with Gasteiger partial charge in [0, 0.05) is 25.7 Å². The zero-order chi connectivity index (χ0) is 15.4. The van der Waals surface area contributed by atoms with Crippen LogP contribution in [0.4, 0.5) is 5.69 Å². The average molecular weight is 287 g/mol. The van der Waals surface area contributed by atoms with Crippen LogP contribution in [-0.4, -0.2) is 36.8 Å². The van der Waals surface area contributed by atoms with Crippen molar-refractivity contribution in [3.63, 3.8) is 0 Å². The average Bonchev–Trinajstić information content (AvgIpc) is 2.49. The molecule has 0 saturated heterocycles. The Morgan fingerprint density at radius 1 is 1.29 bits per heavy atom. The van der Waals surface area contributed by atoms with E-state index < -0.39 is 0 Å². The largest absolute Gasteiger partial charge is 0.497 e. The summed E-state index contributed by atoms with van der Waals surface area (Å²) >= 11 is 0. The number of ketones is 1. The number of carbonyl (C=O) groups excluding carboxylic acids is 1. The Morgan fingerprint density at radius 3 is 2.48 bits per heavy atom. The molecule has 0 spiro atoms. The number of benzene rings is 1. The summed E-state index contributed by atoms with van der Waals surface area (Å²) in [5.41, 5.74) is 0.914. The Morgan fingerprint density at radius 2 is 1.95 bits per heavy atom. The van der Waals surface area contributed by atoms with Gasteiger partial charge in [0.2, 0.25) is 0 Å². The standard InChI is InChI=1S/C15H17N3O3/c1-17(2)12-8-15(20)18(16-9-12)10-14(19)11-4-6-13(21-3)7-5-11/h4-9H,10H2,1-3H3. The van der Waals surface area contributed by atoms with Gasteiger partial charge in [-0.15, -0.1) is 0 Å². The molecule has 0 atom stereocenters. The lowest BCUT2D eigenvalue weighted by Crippen LogP contribution is -2.27. The second kappa shape index (κ2) is 6.21. The summed E-state index contributed by atoms with van der Waals surface area (Å²) in [4.78, 5) is 25.8. The van der Waals surface area contributed by atoms with Gasteiger partial charge >= 0.3 is 0 Å². The van der Waals surface area contributed by atoms with Gasteiger partial charge in [-0.2, -0.15) is 5.10 Å². The van der Waals surface area contributed by atoms with Crippen molar-refractivity contribution in [2.75, 3.05) is 26.1 Å². The molecule has 1 heterocycles. The number of methoxy groups -OCH3 is 1. The highest BCUT2D eigenvalue weighted by Crippen LogP contribution is 2.12. The number of nitrogens with zero attached hydrogens (tertiary/aromatic N) is 3. The molecule has 0 amide bonds. The van der Waals surface area contributed by atoms with Gasteiger partial charge in [0.1, 0.15) is 12.3 Å². The first kappa shape index (κ1) is 14.8. The minimum absolute atomic E-state index is 0.0845. The normalized spacial score (nSPS) is 10.2. The summed E-state index contributed by atoms with van der Waals surface area (Å²) in [6.45, 7) is -0.0845. The molecule has 6 nitrogen and oxygen atoms in total. The van der Waals surface area contributed by atoms with Gasteiger partial charge in [-0.25, -0.2) is 4.68 Å². The van der Waals surface area contributed by atoms with E-state index in [1.165, 1.54) is 6.07 Å². The van der Waals surface area contributed by atoms with Crippen LogP contribution in [0.1, 0.15) is 10.4 Å². The molecule has 0 saturated carbocycles. The topological polar surface area (TPSA) is 64.4 Å². The SMILES string of the molecule is COc1ccc(C(=O)Cn2ncc(N(C)C)cc2=O)cc1. The minimum atomic E-state index is -0.303. The van der Waals surface area contributed by atoms with E-state index in [2.05, 4.69) is 5.10 Å². The Labute approximate surface area is 122 Å². The van der Waals surface area contributed by atoms with E-state index in [1.807, 2.05) is 14.1 Å². The number of Topliss-reactive ketones (excluding diaryl/α,β-unsaturated/α-hetero) is 1. The molecule has 0 aliphatic rings. The lowest BCUT2D eigenvalue weighted by atomic mass is 10.1. The maximum Gasteiger partial charge on any atom is 0.269 e. The Balaban J connectivity index is 2.17. The number of rotatable bonds is 5. The lowest BCUT2D eigenvalue weighted by Gasteiger charge is -2.12. The smallest absolute Gasteiger partial charge is 0.269 e.